The van der Waals surface area contributed by atoms with Gasteiger partial charge < -0.3 is 14.2 Å². The molecule has 0 N–H and O–H groups in total. The van der Waals surface area contributed by atoms with Crippen molar-refractivity contribution in [2.45, 2.75) is 6.42 Å². The Morgan fingerprint density at radius 3 is 2.56 bits per heavy atom. The third-order valence-electron chi connectivity index (χ3n) is 4.12. The Labute approximate surface area is 147 Å². The van der Waals surface area contributed by atoms with Crippen molar-refractivity contribution in [1.29, 1.82) is 0 Å². The normalized spacial score (nSPS) is 15.4. The molecule has 0 unspecified atom stereocenters. The molecule has 0 bridgehead atoms. The molecule has 5 nitrogen and oxygen atoms in total. The van der Waals surface area contributed by atoms with E-state index in [4.69, 9.17) is 14.2 Å². The van der Waals surface area contributed by atoms with Gasteiger partial charge >= 0.3 is 6.09 Å². The van der Waals surface area contributed by atoms with E-state index in [0.29, 0.717) is 31.1 Å². The van der Waals surface area contributed by atoms with Gasteiger partial charge in [0.2, 0.25) is 0 Å². The Balaban J connectivity index is 1.72. The van der Waals surface area contributed by atoms with Gasteiger partial charge in [-0.2, -0.15) is 0 Å². The van der Waals surface area contributed by atoms with Crippen molar-refractivity contribution in [2.24, 2.45) is 0 Å². The van der Waals surface area contributed by atoms with E-state index in [1.807, 2.05) is 54.6 Å². The number of carbonyl (C=O) groups is 1. The van der Waals surface area contributed by atoms with Crippen molar-refractivity contribution in [3.05, 3.63) is 65.4 Å². The van der Waals surface area contributed by atoms with Crippen LogP contribution in [0, 0.1) is 0 Å². The molecular formula is C20H21NO4. The number of carbonyl (C=O) groups excluding carboxylic acids is 1. The number of nitrogens with zero attached hydrogens (tertiary/aromatic N) is 1. The second kappa shape index (κ2) is 7.75. The zero-order valence-electron chi connectivity index (χ0n) is 14.4. The minimum atomic E-state index is -0.303. The summed E-state index contributed by atoms with van der Waals surface area (Å²) in [7, 11) is 3.22. The molecule has 1 saturated heterocycles. The Hall–Kier alpha value is -2.95. The molecule has 0 spiro atoms. The maximum atomic E-state index is 12.0. The molecule has 1 heterocycles. The van der Waals surface area contributed by atoms with E-state index in [1.165, 1.54) is 0 Å². The summed E-state index contributed by atoms with van der Waals surface area (Å²) in [6.45, 7) is 0.854. The number of ether oxygens (including phenoxy) is 3. The van der Waals surface area contributed by atoms with Gasteiger partial charge in [0.15, 0.2) is 11.5 Å². The van der Waals surface area contributed by atoms with Crippen LogP contribution in [0.15, 0.2) is 54.2 Å². The summed E-state index contributed by atoms with van der Waals surface area (Å²) in [5.74, 6) is 1.38. The van der Waals surface area contributed by atoms with Crippen LogP contribution >= 0.6 is 0 Å². The van der Waals surface area contributed by atoms with Crippen molar-refractivity contribution in [3.8, 4) is 11.5 Å². The van der Waals surface area contributed by atoms with E-state index >= 15 is 0 Å². The third kappa shape index (κ3) is 3.94. The van der Waals surface area contributed by atoms with Gasteiger partial charge in [-0.15, -0.1) is 0 Å². The summed E-state index contributed by atoms with van der Waals surface area (Å²) in [5.41, 5.74) is 2.99. The Kier molecular flexibility index (Phi) is 5.23. The van der Waals surface area contributed by atoms with E-state index in [9.17, 15) is 4.79 Å². The maximum absolute atomic E-state index is 12.0. The highest BCUT2D eigenvalue weighted by Crippen LogP contribution is 2.28. The average Bonchev–Trinajstić information content (AvgIpc) is 3.00. The molecule has 1 fully saturated rings. The fourth-order valence-electron chi connectivity index (χ4n) is 2.78. The first-order chi connectivity index (χ1) is 12.2. The lowest BCUT2D eigenvalue weighted by molar-refractivity contribution is 0.159. The van der Waals surface area contributed by atoms with Crippen LogP contribution < -0.4 is 9.47 Å². The fraction of sp³-hybridized carbons (Fsp3) is 0.250. The molecule has 130 valence electrons. The number of hydrogen-bond donors (Lipinski definition) is 0. The summed E-state index contributed by atoms with van der Waals surface area (Å²) in [6.07, 6.45) is 2.38. The van der Waals surface area contributed by atoms with Crippen LogP contribution in [-0.2, 0) is 11.2 Å². The minimum absolute atomic E-state index is 0.303. The topological polar surface area (TPSA) is 48.0 Å². The molecule has 1 amide bonds. The van der Waals surface area contributed by atoms with Gasteiger partial charge in [0.1, 0.15) is 6.61 Å². The number of rotatable bonds is 6. The molecule has 5 heteroatoms. The van der Waals surface area contributed by atoms with Crippen molar-refractivity contribution in [1.82, 2.24) is 4.90 Å². The van der Waals surface area contributed by atoms with E-state index in [2.05, 4.69) is 0 Å². The van der Waals surface area contributed by atoms with E-state index < -0.39 is 0 Å². The average molecular weight is 339 g/mol. The quantitative estimate of drug-likeness (QED) is 0.804. The number of hydrogen-bond acceptors (Lipinski definition) is 4. The van der Waals surface area contributed by atoms with Crippen LogP contribution in [0.1, 0.15) is 11.1 Å². The smallest absolute Gasteiger partial charge is 0.414 e. The molecule has 0 saturated carbocycles. The Morgan fingerprint density at radius 1 is 1.08 bits per heavy atom. The van der Waals surface area contributed by atoms with Gasteiger partial charge in [-0.25, -0.2) is 4.79 Å². The molecule has 1 aliphatic rings. The molecule has 3 rings (SSSR count). The Bertz CT molecular complexity index is 771. The maximum Gasteiger partial charge on any atom is 0.414 e. The molecule has 1 aliphatic heterocycles. The van der Waals surface area contributed by atoms with Crippen molar-refractivity contribution in [2.75, 3.05) is 27.4 Å². The molecule has 0 aromatic heterocycles. The summed E-state index contributed by atoms with van der Waals surface area (Å²) < 4.78 is 15.8. The van der Waals surface area contributed by atoms with Crippen LogP contribution in [-0.4, -0.2) is 38.4 Å². The molecular weight excluding hydrogens is 318 g/mol. The van der Waals surface area contributed by atoms with Crippen LogP contribution in [0.3, 0.4) is 0 Å². The van der Waals surface area contributed by atoms with Gasteiger partial charge in [-0.1, -0.05) is 36.4 Å². The predicted octanol–water partition coefficient (Wildman–Crippen LogP) is 3.74. The first-order valence-electron chi connectivity index (χ1n) is 8.12. The monoisotopic (exact) mass is 339 g/mol. The standard InChI is InChI=1S/C20H21NO4/c1-23-18-9-8-16(13-19(18)24-2)10-11-21-17(14-25-20(21)22)12-15-6-4-3-5-7-15/h3-9,12-13H,10-11,14H2,1-2H3. The molecule has 2 aromatic rings. The molecule has 25 heavy (non-hydrogen) atoms. The lowest BCUT2D eigenvalue weighted by atomic mass is 10.1. The number of amides is 1. The first kappa shape index (κ1) is 16.9. The summed E-state index contributed by atoms with van der Waals surface area (Å²) in [6, 6.07) is 15.7. The van der Waals surface area contributed by atoms with Gasteiger partial charge in [0.25, 0.3) is 0 Å². The van der Waals surface area contributed by atoms with E-state index in [0.717, 1.165) is 16.8 Å². The molecule has 2 aromatic carbocycles. The second-order valence-electron chi connectivity index (χ2n) is 5.69. The Morgan fingerprint density at radius 2 is 1.84 bits per heavy atom. The van der Waals surface area contributed by atoms with Crippen molar-refractivity contribution >= 4 is 12.2 Å². The van der Waals surface area contributed by atoms with Crippen LogP contribution in [0.2, 0.25) is 0 Å². The zero-order chi connectivity index (χ0) is 17.6. The van der Waals surface area contributed by atoms with Crippen LogP contribution in [0.5, 0.6) is 11.5 Å². The van der Waals surface area contributed by atoms with Gasteiger partial charge in [-0.05, 0) is 35.8 Å². The van der Waals surface area contributed by atoms with Crippen molar-refractivity contribution in [3.63, 3.8) is 0 Å². The number of cyclic esters (lactones) is 1. The van der Waals surface area contributed by atoms with E-state index in [-0.39, 0.29) is 6.09 Å². The highest BCUT2D eigenvalue weighted by atomic mass is 16.6. The van der Waals surface area contributed by atoms with Crippen molar-refractivity contribution < 1.29 is 19.0 Å². The lowest BCUT2D eigenvalue weighted by Crippen LogP contribution is -2.25. The van der Waals surface area contributed by atoms with Gasteiger partial charge in [0.05, 0.1) is 19.9 Å². The predicted molar refractivity (Wildman–Crippen MR) is 95.7 cm³/mol. The zero-order valence-corrected chi connectivity index (χ0v) is 14.4. The molecule has 0 radical (unpaired) electrons. The molecule has 0 aliphatic carbocycles. The van der Waals surface area contributed by atoms with Crippen LogP contribution in [0.4, 0.5) is 4.79 Å². The lowest BCUT2D eigenvalue weighted by Gasteiger charge is -2.15. The highest BCUT2D eigenvalue weighted by Gasteiger charge is 2.27. The fourth-order valence-corrected chi connectivity index (χ4v) is 2.78. The highest BCUT2D eigenvalue weighted by molar-refractivity contribution is 5.75. The van der Waals surface area contributed by atoms with Crippen LogP contribution in [0.25, 0.3) is 6.08 Å². The van der Waals surface area contributed by atoms with Gasteiger partial charge in [-0.3, -0.25) is 4.90 Å². The first-order valence-corrected chi connectivity index (χ1v) is 8.12. The van der Waals surface area contributed by atoms with E-state index in [1.54, 1.807) is 19.1 Å². The summed E-state index contributed by atoms with van der Waals surface area (Å²) in [4.78, 5) is 13.7. The number of benzene rings is 2. The second-order valence-corrected chi connectivity index (χ2v) is 5.69. The SMILES string of the molecule is COc1ccc(CCN2C(=O)OCC2=Cc2ccccc2)cc1OC. The van der Waals surface area contributed by atoms with Gasteiger partial charge in [0, 0.05) is 6.54 Å². The summed E-state index contributed by atoms with van der Waals surface area (Å²) >= 11 is 0. The minimum Gasteiger partial charge on any atom is -0.493 e. The largest absolute Gasteiger partial charge is 0.493 e. The summed E-state index contributed by atoms with van der Waals surface area (Å²) in [5, 5.41) is 0. The number of methoxy groups -OCH3 is 2. The molecule has 0 atom stereocenters. The third-order valence-corrected chi connectivity index (χ3v) is 4.12.